The summed E-state index contributed by atoms with van der Waals surface area (Å²) >= 11 is 0. The number of amides is 2. The molecule has 1 aromatic heterocycles. The molecule has 124 valence electrons. The summed E-state index contributed by atoms with van der Waals surface area (Å²) in [5, 5.41) is 16.1. The first-order valence-electron chi connectivity index (χ1n) is 8.35. The van der Waals surface area contributed by atoms with Crippen LogP contribution in [0.5, 0.6) is 0 Å². The van der Waals surface area contributed by atoms with Gasteiger partial charge in [0.25, 0.3) is 0 Å². The van der Waals surface area contributed by atoms with E-state index in [4.69, 9.17) is 0 Å². The van der Waals surface area contributed by atoms with Gasteiger partial charge in [0.1, 0.15) is 0 Å². The molecule has 1 aliphatic carbocycles. The minimum Gasteiger partial charge on any atom is -0.388 e. The number of hydrogen-bond acceptors (Lipinski definition) is 2. The van der Waals surface area contributed by atoms with E-state index in [2.05, 4.69) is 21.3 Å². The molecule has 0 radical (unpaired) electrons. The van der Waals surface area contributed by atoms with E-state index in [1.165, 1.54) is 12.1 Å². The third-order valence-corrected chi connectivity index (χ3v) is 4.62. The van der Waals surface area contributed by atoms with Gasteiger partial charge >= 0.3 is 6.03 Å². The maximum absolute atomic E-state index is 11.9. The van der Waals surface area contributed by atoms with E-state index in [1.807, 2.05) is 26.2 Å². The van der Waals surface area contributed by atoms with Crippen LogP contribution in [0.2, 0.25) is 0 Å². The van der Waals surface area contributed by atoms with Crippen LogP contribution in [-0.4, -0.2) is 33.9 Å². The molecule has 2 amide bonds. The Morgan fingerprint density at radius 3 is 2.77 bits per heavy atom. The molecule has 5 heteroatoms. The van der Waals surface area contributed by atoms with Crippen molar-refractivity contribution >= 4 is 6.03 Å². The number of carbonyl (C=O) groups is 1. The van der Waals surface area contributed by atoms with Crippen molar-refractivity contribution in [2.24, 2.45) is 7.05 Å². The summed E-state index contributed by atoms with van der Waals surface area (Å²) in [6, 6.07) is 4.06. The van der Waals surface area contributed by atoms with Crippen molar-refractivity contribution in [2.75, 3.05) is 6.54 Å². The molecule has 1 unspecified atom stereocenters. The molecule has 0 spiro atoms. The minimum absolute atomic E-state index is 0.107. The van der Waals surface area contributed by atoms with Gasteiger partial charge in [-0.05, 0) is 44.7 Å². The second-order valence-corrected chi connectivity index (χ2v) is 6.66. The molecule has 0 bridgehead atoms. The molecule has 1 aromatic rings. The molecule has 1 atom stereocenters. The Morgan fingerprint density at radius 1 is 1.41 bits per heavy atom. The molecule has 1 heterocycles. The van der Waals surface area contributed by atoms with Crippen LogP contribution in [0.15, 0.2) is 18.3 Å². The molecule has 3 N–H and O–H groups in total. The lowest BCUT2D eigenvalue weighted by Crippen LogP contribution is -2.49. The van der Waals surface area contributed by atoms with E-state index in [9.17, 15) is 9.90 Å². The van der Waals surface area contributed by atoms with Crippen LogP contribution in [-0.2, 0) is 13.5 Å². The van der Waals surface area contributed by atoms with Gasteiger partial charge in [-0.2, -0.15) is 0 Å². The molecular weight excluding hydrogens is 278 g/mol. The fraction of sp³-hybridized carbons (Fsp3) is 0.706. The van der Waals surface area contributed by atoms with Gasteiger partial charge < -0.3 is 20.3 Å². The lowest BCUT2D eigenvalue weighted by atomic mass is 9.85. The minimum atomic E-state index is -0.706. The summed E-state index contributed by atoms with van der Waals surface area (Å²) < 4.78 is 2.10. The topological polar surface area (TPSA) is 66.3 Å². The number of nitrogens with one attached hydrogen (secondary N) is 2. The highest BCUT2D eigenvalue weighted by Crippen LogP contribution is 2.27. The van der Waals surface area contributed by atoms with Crippen LogP contribution in [0.4, 0.5) is 4.79 Å². The van der Waals surface area contributed by atoms with Gasteiger partial charge in [-0.25, -0.2) is 4.79 Å². The number of aryl methyl sites for hydroxylation is 2. The Labute approximate surface area is 133 Å². The Bertz CT molecular complexity index is 478. The van der Waals surface area contributed by atoms with Crippen molar-refractivity contribution in [1.82, 2.24) is 15.2 Å². The van der Waals surface area contributed by atoms with Crippen molar-refractivity contribution in [3.05, 3.63) is 24.0 Å². The van der Waals surface area contributed by atoms with Crippen molar-refractivity contribution < 1.29 is 9.90 Å². The Morgan fingerprint density at radius 2 is 2.14 bits per heavy atom. The van der Waals surface area contributed by atoms with Gasteiger partial charge in [-0.15, -0.1) is 0 Å². The monoisotopic (exact) mass is 307 g/mol. The second kappa shape index (κ2) is 7.68. The Balaban J connectivity index is 1.66. The highest BCUT2D eigenvalue weighted by molar-refractivity contribution is 5.74. The summed E-state index contributed by atoms with van der Waals surface area (Å²) in [7, 11) is 2.03. The summed E-state index contributed by atoms with van der Waals surface area (Å²) in [4.78, 5) is 11.9. The first kappa shape index (κ1) is 16.9. The zero-order valence-corrected chi connectivity index (χ0v) is 13.8. The van der Waals surface area contributed by atoms with E-state index >= 15 is 0 Å². The first-order chi connectivity index (χ1) is 10.5. The smallest absolute Gasteiger partial charge is 0.315 e. The van der Waals surface area contributed by atoms with Crippen LogP contribution >= 0.6 is 0 Å². The molecule has 0 aromatic carbocycles. The molecule has 0 aliphatic heterocycles. The predicted octanol–water partition coefficient (Wildman–Crippen LogP) is 2.34. The number of aromatic nitrogens is 1. The molecule has 1 aliphatic rings. The number of urea groups is 1. The third kappa shape index (κ3) is 5.05. The highest BCUT2D eigenvalue weighted by Gasteiger charge is 2.29. The van der Waals surface area contributed by atoms with Gasteiger partial charge in [0.15, 0.2) is 0 Å². The second-order valence-electron chi connectivity index (χ2n) is 6.66. The summed E-state index contributed by atoms with van der Waals surface area (Å²) in [6.07, 6.45) is 8.73. The quantitative estimate of drug-likeness (QED) is 0.755. The molecule has 2 rings (SSSR count). The van der Waals surface area contributed by atoms with Crippen molar-refractivity contribution in [2.45, 2.75) is 63.5 Å². The van der Waals surface area contributed by atoms with Gasteiger partial charge in [0.2, 0.25) is 0 Å². The molecule has 1 fully saturated rings. The van der Waals surface area contributed by atoms with E-state index in [1.54, 1.807) is 0 Å². The lowest BCUT2D eigenvalue weighted by Gasteiger charge is -2.32. The Kier molecular flexibility index (Phi) is 5.89. The largest absolute Gasteiger partial charge is 0.388 e. The summed E-state index contributed by atoms with van der Waals surface area (Å²) in [5.41, 5.74) is 0.563. The molecule has 5 nitrogen and oxygen atoms in total. The van der Waals surface area contributed by atoms with Gasteiger partial charge in [-0.1, -0.05) is 19.3 Å². The number of carbonyl (C=O) groups excluding carboxylic acids is 1. The zero-order valence-electron chi connectivity index (χ0n) is 13.8. The molecule has 0 saturated heterocycles. The fourth-order valence-corrected chi connectivity index (χ4v) is 3.10. The Hall–Kier alpha value is -1.49. The lowest BCUT2D eigenvalue weighted by molar-refractivity contribution is 0.00713. The third-order valence-electron chi connectivity index (χ3n) is 4.62. The van der Waals surface area contributed by atoms with Crippen LogP contribution in [0.25, 0.3) is 0 Å². The maximum atomic E-state index is 11.9. The maximum Gasteiger partial charge on any atom is 0.315 e. The molecule has 1 saturated carbocycles. The highest BCUT2D eigenvalue weighted by atomic mass is 16.3. The predicted molar refractivity (Wildman–Crippen MR) is 87.8 cm³/mol. The number of aliphatic hydroxyl groups is 1. The zero-order chi connectivity index (χ0) is 16.0. The van der Waals surface area contributed by atoms with Crippen LogP contribution in [0.1, 0.15) is 51.1 Å². The van der Waals surface area contributed by atoms with Gasteiger partial charge in [0, 0.05) is 31.5 Å². The van der Waals surface area contributed by atoms with E-state index < -0.39 is 5.60 Å². The normalized spacial score (nSPS) is 18.7. The van der Waals surface area contributed by atoms with Crippen molar-refractivity contribution in [1.29, 1.82) is 0 Å². The average Bonchev–Trinajstić information content (AvgIpc) is 2.89. The van der Waals surface area contributed by atoms with Gasteiger partial charge in [0.05, 0.1) is 5.60 Å². The molecular formula is C17H29N3O2. The van der Waals surface area contributed by atoms with Crippen molar-refractivity contribution in [3.63, 3.8) is 0 Å². The fourth-order valence-electron chi connectivity index (χ4n) is 3.10. The number of rotatable bonds is 6. The average molecular weight is 307 g/mol. The standard InChI is InChI=1S/C17H29N3O2/c1-14(8-9-15-7-6-12-20(15)2)19-16(21)18-13-17(22)10-4-3-5-11-17/h6-7,12,14,22H,3-5,8-11,13H2,1-2H3,(H2,18,19,21). The SMILES string of the molecule is CC(CCc1cccn1C)NC(=O)NCC1(O)CCCCC1. The first-order valence-corrected chi connectivity index (χ1v) is 8.35. The van der Waals surface area contributed by atoms with E-state index in [0.29, 0.717) is 6.54 Å². The summed E-state index contributed by atoms with van der Waals surface area (Å²) in [6.45, 7) is 2.36. The molecule has 22 heavy (non-hydrogen) atoms. The number of nitrogens with zero attached hydrogens (tertiary/aromatic N) is 1. The van der Waals surface area contributed by atoms with Gasteiger partial charge in [-0.3, -0.25) is 0 Å². The van der Waals surface area contributed by atoms with Crippen molar-refractivity contribution in [3.8, 4) is 0 Å². The van der Waals surface area contributed by atoms with Crippen LogP contribution in [0, 0.1) is 0 Å². The summed E-state index contributed by atoms with van der Waals surface area (Å²) in [5.74, 6) is 0. The van der Waals surface area contributed by atoms with E-state index in [0.717, 1.165) is 38.5 Å². The van der Waals surface area contributed by atoms with Crippen LogP contribution < -0.4 is 10.6 Å². The number of hydrogen-bond donors (Lipinski definition) is 3. The van der Waals surface area contributed by atoms with Crippen LogP contribution in [0.3, 0.4) is 0 Å². The van der Waals surface area contributed by atoms with E-state index in [-0.39, 0.29) is 12.1 Å².